The lowest BCUT2D eigenvalue weighted by Gasteiger charge is -2.40. The number of rotatable bonds is 6. The van der Waals surface area contributed by atoms with Crippen molar-refractivity contribution in [2.75, 3.05) is 30.4 Å². The first-order valence-corrected chi connectivity index (χ1v) is 8.59. The lowest BCUT2D eigenvalue weighted by atomic mass is 9.98. The molecular formula is C19H28N2O3. The van der Waals surface area contributed by atoms with Gasteiger partial charge in [-0.15, -0.1) is 0 Å². The number of carbonyl (C=O) groups is 1. The van der Waals surface area contributed by atoms with Gasteiger partial charge in [0.25, 0.3) is 0 Å². The third-order valence-electron chi connectivity index (χ3n) is 4.55. The zero-order valence-electron chi connectivity index (χ0n) is 14.8. The van der Waals surface area contributed by atoms with Gasteiger partial charge in [-0.2, -0.15) is 0 Å². The predicted octanol–water partition coefficient (Wildman–Crippen LogP) is 3.40. The van der Waals surface area contributed by atoms with E-state index < -0.39 is 5.97 Å². The number of benzene rings is 1. The summed E-state index contributed by atoms with van der Waals surface area (Å²) in [6, 6.07) is 6.37. The second kappa shape index (κ2) is 8.20. The number of nitrogens with zero attached hydrogens (tertiary/aromatic N) is 1. The molecule has 0 spiro atoms. The summed E-state index contributed by atoms with van der Waals surface area (Å²) >= 11 is 0. The molecule has 1 aliphatic rings. The van der Waals surface area contributed by atoms with Crippen LogP contribution in [-0.4, -0.2) is 36.9 Å². The molecule has 3 N–H and O–H groups in total. The van der Waals surface area contributed by atoms with Crippen molar-refractivity contribution in [1.82, 2.24) is 0 Å². The average Bonchev–Trinajstić information content (AvgIpc) is 2.55. The zero-order chi connectivity index (χ0) is 17.7. The van der Waals surface area contributed by atoms with Crippen LogP contribution in [0.5, 0.6) is 0 Å². The first-order valence-electron chi connectivity index (χ1n) is 8.59. The number of nitrogens with two attached hydrogens (primary N) is 1. The molecule has 1 aromatic rings. The number of anilines is 2. The number of aliphatic carboxylic acids is 1. The third-order valence-corrected chi connectivity index (χ3v) is 4.55. The van der Waals surface area contributed by atoms with E-state index in [1.807, 2.05) is 19.1 Å². The summed E-state index contributed by atoms with van der Waals surface area (Å²) < 4.78 is 5.62. The molecule has 132 valence electrons. The third kappa shape index (κ3) is 4.29. The van der Waals surface area contributed by atoms with Crippen LogP contribution in [-0.2, 0) is 9.53 Å². The smallest absolute Gasteiger partial charge is 0.307 e. The van der Waals surface area contributed by atoms with Crippen LogP contribution in [0.4, 0.5) is 11.4 Å². The molecule has 1 aromatic carbocycles. The van der Waals surface area contributed by atoms with Crippen molar-refractivity contribution < 1.29 is 14.6 Å². The lowest BCUT2D eigenvalue weighted by molar-refractivity contribution is -0.135. The minimum Gasteiger partial charge on any atom is -0.481 e. The minimum atomic E-state index is -0.821. The average molecular weight is 332 g/mol. The molecule has 0 radical (unpaired) electrons. The van der Waals surface area contributed by atoms with E-state index in [2.05, 4.69) is 24.8 Å². The first-order chi connectivity index (χ1) is 11.4. The van der Waals surface area contributed by atoms with Gasteiger partial charge in [0.2, 0.25) is 0 Å². The Hall–Kier alpha value is -2.01. The van der Waals surface area contributed by atoms with E-state index in [4.69, 9.17) is 15.6 Å². The predicted molar refractivity (Wildman–Crippen MR) is 98.2 cm³/mol. The number of hydrogen-bond donors (Lipinski definition) is 2. The van der Waals surface area contributed by atoms with E-state index in [-0.39, 0.29) is 6.42 Å². The van der Waals surface area contributed by atoms with Gasteiger partial charge in [0, 0.05) is 6.54 Å². The number of nitrogen functional groups attached to an aromatic ring is 1. The molecule has 1 saturated heterocycles. The summed E-state index contributed by atoms with van der Waals surface area (Å²) in [5.41, 5.74) is 10.1. The number of morpholine rings is 1. The molecule has 1 atom stereocenters. The Kier molecular flexibility index (Phi) is 6.26. The lowest BCUT2D eigenvalue weighted by Crippen LogP contribution is -2.48. The maximum Gasteiger partial charge on any atom is 0.307 e. The second-order valence-electron chi connectivity index (χ2n) is 6.53. The molecule has 1 aliphatic heterocycles. The molecule has 0 bridgehead atoms. The van der Waals surface area contributed by atoms with Crippen molar-refractivity contribution in [2.45, 2.75) is 39.7 Å². The molecular weight excluding hydrogens is 304 g/mol. The molecule has 24 heavy (non-hydrogen) atoms. The molecule has 1 unspecified atom stereocenters. The summed E-state index contributed by atoms with van der Waals surface area (Å²) in [4.78, 5) is 13.1. The van der Waals surface area contributed by atoms with Gasteiger partial charge >= 0.3 is 5.97 Å². The fourth-order valence-corrected chi connectivity index (χ4v) is 3.17. The Balaban J connectivity index is 2.28. The van der Waals surface area contributed by atoms with Crippen molar-refractivity contribution in [3.05, 3.63) is 29.8 Å². The van der Waals surface area contributed by atoms with E-state index in [0.717, 1.165) is 42.1 Å². The highest BCUT2D eigenvalue weighted by Gasteiger charge is 2.27. The Morgan fingerprint density at radius 1 is 1.50 bits per heavy atom. The van der Waals surface area contributed by atoms with E-state index >= 15 is 0 Å². The van der Waals surface area contributed by atoms with Gasteiger partial charge in [0.05, 0.1) is 37.1 Å². The number of allylic oxidation sites excluding steroid dienone is 1. The van der Waals surface area contributed by atoms with Gasteiger partial charge < -0.3 is 20.5 Å². The quantitative estimate of drug-likeness (QED) is 0.781. The van der Waals surface area contributed by atoms with Crippen LogP contribution in [0.2, 0.25) is 0 Å². The highest BCUT2D eigenvalue weighted by molar-refractivity contribution is 5.78. The molecule has 5 nitrogen and oxygen atoms in total. The monoisotopic (exact) mass is 332 g/mol. The molecule has 0 amide bonds. The SMILES string of the molecule is CCC(=CCC(=O)O)c1ccc(N2CCOCC2C(C)C)c(N)c1. The van der Waals surface area contributed by atoms with E-state index in [1.165, 1.54) is 0 Å². The van der Waals surface area contributed by atoms with Crippen LogP contribution in [0.25, 0.3) is 5.57 Å². The van der Waals surface area contributed by atoms with Gasteiger partial charge in [-0.05, 0) is 35.6 Å². The number of ether oxygens (including phenoxy) is 1. The number of carboxylic acids is 1. The van der Waals surface area contributed by atoms with E-state index in [0.29, 0.717) is 18.6 Å². The summed E-state index contributed by atoms with van der Waals surface area (Å²) in [6.45, 7) is 8.68. The summed E-state index contributed by atoms with van der Waals surface area (Å²) in [6.07, 6.45) is 2.57. The molecule has 0 aliphatic carbocycles. The van der Waals surface area contributed by atoms with Gasteiger partial charge in [-0.25, -0.2) is 0 Å². The maximum atomic E-state index is 10.8. The zero-order valence-corrected chi connectivity index (χ0v) is 14.8. The fraction of sp³-hybridized carbons (Fsp3) is 0.526. The van der Waals surface area contributed by atoms with Crippen LogP contribution in [0.15, 0.2) is 24.3 Å². The first kappa shape index (κ1) is 18.3. The van der Waals surface area contributed by atoms with Crippen LogP contribution in [0, 0.1) is 5.92 Å². The van der Waals surface area contributed by atoms with Crippen molar-refractivity contribution in [1.29, 1.82) is 0 Å². The summed E-state index contributed by atoms with van der Waals surface area (Å²) in [5.74, 6) is -0.343. The Bertz CT molecular complexity index is 611. The van der Waals surface area contributed by atoms with Gasteiger partial charge in [0.1, 0.15) is 0 Å². The highest BCUT2D eigenvalue weighted by Crippen LogP contribution is 2.32. The molecule has 0 aromatic heterocycles. The second-order valence-corrected chi connectivity index (χ2v) is 6.53. The fourth-order valence-electron chi connectivity index (χ4n) is 3.17. The normalized spacial score (nSPS) is 18.9. The standard InChI is InChI=1S/C19H28N2O3/c1-4-14(6-8-19(22)23)15-5-7-17(16(20)11-15)21-9-10-24-12-18(21)13(2)3/h5-7,11,13,18H,4,8-10,12,20H2,1-3H3,(H,22,23). The maximum absolute atomic E-state index is 10.8. The molecule has 0 saturated carbocycles. The Labute approximate surface area is 144 Å². The molecule has 1 fully saturated rings. The van der Waals surface area contributed by atoms with Gasteiger partial charge in [0.15, 0.2) is 0 Å². The minimum absolute atomic E-state index is 0.0315. The summed E-state index contributed by atoms with van der Waals surface area (Å²) in [5, 5.41) is 8.87. The van der Waals surface area contributed by atoms with Crippen molar-refractivity contribution in [2.24, 2.45) is 5.92 Å². The van der Waals surface area contributed by atoms with Crippen LogP contribution in [0.1, 0.15) is 39.2 Å². The molecule has 2 rings (SSSR count). The van der Waals surface area contributed by atoms with E-state index in [1.54, 1.807) is 6.08 Å². The Morgan fingerprint density at radius 2 is 2.25 bits per heavy atom. The van der Waals surface area contributed by atoms with Crippen molar-refractivity contribution in [3.63, 3.8) is 0 Å². The molecule has 5 heteroatoms. The number of carboxylic acid groups (broad SMARTS) is 1. The van der Waals surface area contributed by atoms with E-state index in [9.17, 15) is 4.79 Å². The van der Waals surface area contributed by atoms with Crippen molar-refractivity contribution >= 4 is 22.9 Å². The number of hydrogen-bond acceptors (Lipinski definition) is 4. The Morgan fingerprint density at radius 3 is 2.83 bits per heavy atom. The highest BCUT2D eigenvalue weighted by atomic mass is 16.5. The van der Waals surface area contributed by atoms with Crippen molar-refractivity contribution in [3.8, 4) is 0 Å². The topological polar surface area (TPSA) is 75.8 Å². The van der Waals surface area contributed by atoms with Crippen LogP contribution >= 0.6 is 0 Å². The van der Waals surface area contributed by atoms with Gasteiger partial charge in [-0.1, -0.05) is 32.9 Å². The van der Waals surface area contributed by atoms with Gasteiger partial charge in [-0.3, -0.25) is 4.79 Å². The summed E-state index contributed by atoms with van der Waals surface area (Å²) in [7, 11) is 0. The van der Waals surface area contributed by atoms with Crippen LogP contribution in [0.3, 0.4) is 0 Å². The molecule has 1 heterocycles. The van der Waals surface area contributed by atoms with Crippen LogP contribution < -0.4 is 10.6 Å². The largest absolute Gasteiger partial charge is 0.481 e.